The van der Waals surface area contributed by atoms with Gasteiger partial charge in [0.25, 0.3) is 0 Å². The summed E-state index contributed by atoms with van der Waals surface area (Å²) in [6.07, 6.45) is 1.11. The molecule has 0 unspecified atom stereocenters. The summed E-state index contributed by atoms with van der Waals surface area (Å²) in [5.74, 6) is 0.628. The van der Waals surface area contributed by atoms with E-state index in [2.05, 4.69) is 20.6 Å². The van der Waals surface area contributed by atoms with Crippen molar-refractivity contribution in [2.75, 3.05) is 18.4 Å². The fraction of sp³-hybridized carbons (Fsp3) is 0.556. The third-order valence-electron chi connectivity index (χ3n) is 2.22. The van der Waals surface area contributed by atoms with Crippen LogP contribution in [0.25, 0.3) is 0 Å². The first kappa shape index (κ1) is 9.68. The van der Waals surface area contributed by atoms with E-state index in [0.717, 1.165) is 25.2 Å². The summed E-state index contributed by atoms with van der Waals surface area (Å²) in [5.41, 5.74) is 0.887. The average Bonchev–Trinajstić information content (AvgIpc) is 2.54. The maximum atomic E-state index is 5.83. The average molecular weight is 213 g/mol. The first-order valence-electron chi connectivity index (χ1n) is 4.72. The highest BCUT2D eigenvalue weighted by atomic mass is 35.5. The summed E-state index contributed by atoms with van der Waals surface area (Å²) in [6, 6.07) is 2.17. The van der Waals surface area contributed by atoms with Crippen molar-refractivity contribution in [3.63, 3.8) is 0 Å². The Morgan fingerprint density at radius 2 is 2.43 bits per heavy atom. The lowest BCUT2D eigenvalue weighted by Gasteiger charge is -2.11. The second kappa shape index (κ2) is 4.11. The summed E-state index contributed by atoms with van der Waals surface area (Å²) in [4.78, 5) is 8.38. The van der Waals surface area contributed by atoms with Crippen molar-refractivity contribution in [2.45, 2.75) is 19.4 Å². The fourth-order valence-electron chi connectivity index (χ4n) is 1.56. The monoisotopic (exact) mass is 212 g/mol. The largest absolute Gasteiger partial charge is 0.350 e. The number of aromatic nitrogens is 2. The maximum Gasteiger partial charge on any atom is 0.224 e. The Kier molecular flexibility index (Phi) is 2.84. The molecule has 0 aliphatic carbocycles. The van der Waals surface area contributed by atoms with E-state index in [0.29, 0.717) is 17.1 Å². The molecule has 0 amide bonds. The van der Waals surface area contributed by atoms with Crippen molar-refractivity contribution in [3.05, 3.63) is 16.9 Å². The zero-order valence-corrected chi connectivity index (χ0v) is 8.80. The van der Waals surface area contributed by atoms with Crippen LogP contribution in [0.15, 0.2) is 6.07 Å². The Bertz CT molecular complexity index is 302. The molecule has 0 spiro atoms. The minimum atomic E-state index is 0.424. The van der Waals surface area contributed by atoms with E-state index >= 15 is 0 Å². The first-order chi connectivity index (χ1) is 6.74. The molecule has 2 rings (SSSR count). The van der Waals surface area contributed by atoms with Crippen LogP contribution in [0.1, 0.15) is 12.1 Å². The molecule has 1 aromatic rings. The maximum absolute atomic E-state index is 5.83. The summed E-state index contributed by atoms with van der Waals surface area (Å²) < 4.78 is 0. The van der Waals surface area contributed by atoms with Gasteiger partial charge in [0, 0.05) is 18.3 Å². The van der Waals surface area contributed by atoms with Crippen LogP contribution in [-0.4, -0.2) is 29.1 Å². The third kappa shape index (κ3) is 2.33. The molecule has 1 fully saturated rings. The molecule has 4 nitrogen and oxygen atoms in total. The van der Waals surface area contributed by atoms with Crippen LogP contribution in [0.3, 0.4) is 0 Å². The molecule has 5 heteroatoms. The molecule has 1 saturated heterocycles. The molecule has 0 bridgehead atoms. The van der Waals surface area contributed by atoms with Crippen LogP contribution < -0.4 is 10.6 Å². The number of nitrogens with zero attached hydrogens (tertiary/aromatic N) is 2. The van der Waals surface area contributed by atoms with Crippen molar-refractivity contribution in [3.8, 4) is 0 Å². The van der Waals surface area contributed by atoms with Crippen LogP contribution in [0, 0.1) is 6.92 Å². The van der Waals surface area contributed by atoms with Gasteiger partial charge in [-0.05, 0) is 26.0 Å². The van der Waals surface area contributed by atoms with E-state index < -0.39 is 0 Å². The lowest BCUT2D eigenvalue weighted by Crippen LogP contribution is -2.23. The number of nitrogens with one attached hydrogen (secondary N) is 2. The Morgan fingerprint density at radius 1 is 1.57 bits per heavy atom. The number of aryl methyl sites for hydroxylation is 1. The Labute approximate surface area is 88.1 Å². The molecule has 0 aromatic carbocycles. The molecule has 2 N–H and O–H groups in total. The van der Waals surface area contributed by atoms with Gasteiger partial charge in [-0.15, -0.1) is 0 Å². The highest BCUT2D eigenvalue weighted by molar-refractivity contribution is 6.29. The van der Waals surface area contributed by atoms with Gasteiger partial charge in [-0.2, -0.15) is 0 Å². The van der Waals surface area contributed by atoms with E-state index in [1.165, 1.54) is 0 Å². The highest BCUT2D eigenvalue weighted by Gasteiger charge is 2.15. The lowest BCUT2D eigenvalue weighted by atomic mass is 10.3. The smallest absolute Gasteiger partial charge is 0.224 e. The normalized spacial score (nSPS) is 21.1. The van der Waals surface area contributed by atoms with Crippen molar-refractivity contribution in [1.82, 2.24) is 15.3 Å². The van der Waals surface area contributed by atoms with E-state index in [9.17, 15) is 0 Å². The third-order valence-corrected chi connectivity index (χ3v) is 2.41. The molecule has 76 valence electrons. The molecule has 1 atom stereocenters. The van der Waals surface area contributed by atoms with Crippen molar-refractivity contribution in [2.24, 2.45) is 0 Å². The zero-order valence-electron chi connectivity index (χ0n) is 8.05. The molecule has 0 saturated carbocycles. The van der Waals surface area contributed by atoms with E-state index in [-0.39, 0.29) is 0 Å². The second-order valence-electron chi connectivity index (χ2n) is 3.49. The van der Waals surface area contributed by atoms with Crippen LogP contribution in [0.5, 0.6) is 0 Å². The molecular formula is C9H13ClN4. The van der Waals surface area contributed by atoms with Crippen LogP contribution in [-0.2, 0) is 0 Å². The zero-order chi connectivity index (χ0) is 9.97. The summed E-state index contributed by atoms with van der Waals surface area (Å²) >= 11 is 5.83. The van der Waals surface area contributed by atoms with Gasteiger partial charge in [-0.25, -0.2) is 9.97 Å². The van der Waals surface area contributed by atoms with Crippen molar-refractivity contribution >= 4 is 17.5 Å². The van der Waals surface area contributed by atoms with Gasteiger partial charge in [-0.3, -0.25) is 0 Å². The summed E-state index contributed by atoms with van der Waals surface area (Å²) in [6.45, 7) is 3.93. The van der Waals surface area contributed by atoms with Crippen LogP contribution in [0.4, 0.5) is 5.95 Å². The summed E-state index contributed by atoms with van der Waals surface area (Å²) in [7, 11) is 0. The molecule has 1 aliphatic rings. The standard InChI is InChI=1S/C9H13ClN4/c1-6-4-8(10)14-9(12-6)13-7-2-3-11-5-7/h4,7,11H,2-3,5H2,1H3,(H,12,13,14)/t7-/m0/s1. The topological polar surface area (TPSA) is 49.8 Å². The molecule has 1 aliphatic heterocycles. The van der Waals surface area contributed by atoms with Crippen LogP contribution >= 0.6 is 11.6 Å². The van der Waals surface area contributed by atoms with E-state index in [1.54, 1.807) is 6.07 Å². The van der Waals surface area contributed by atoms with Gasteiger partial charge in [0.2, 0.25) is 5.95 Å². The van der Waals surface area contributed by atoms with Gasteiger partial charge in [0.05, 0.1) is 0 Å². The van der Waals surface area contributed by atoms with Crippen molar-refractivity contribution < 1.29 is 0 Å². The first-order valence-corrected chi connectivity index (χ1v) is 5.10. The highest BCUT2D eigenvalue weighted by Crippen LogP contribution is 2.11. The predicted molar refractivity (Wildman–Crippen MR) is 56.7 cm³/mol. The number of hydrogen-bond donors (Lipinski definition) is 2. The van der Waals surface area contributed by atoms with Gasteiger partial charge in [0.15, 0.2) is 0 Å². The predicted octanol–water partition coefficient (Wildman–Crippen LogP) is 1.21. The van der Waals surface area contributed by atoms with Gasteiger partial charge >= 0.3 is 0 Å². The Balaban J connectivity index is 2.07. The minimum absolute atomic E-state index is 0.424. The minimum Gasteiger partial charge on any atom is -0.350 e. The SMILES string of the molecule is Cc1cc(Cl)nc(N[C@H]2CCNC2)n1. The summed E-state index contributed by atoms with van der Waals surface area (Å²) in [5, 5.41) is 7.02. The molecule has 2 heterocycles. The number of rotatable bonds is 2. The van der Waals surface area contributed by atoms with Gasteiger partial charge in [-0.1, -0.05) is 11.6 Å². The van der Waals surface area contributed by atoms with Gasteiger partial charge < -0.3 is 10.6 Å². The number of anilines is 1. The molecule has 14 heavy (non-hydrogen) atoms. The van der Waals surface area contributed by atoms with Crippen molar-refractivity contribution in [1.29, 1.82) is 0 Å². The quantitative estimate of drug-likeness (QED) is 0.724. The lowest BCUT2D eigenvalue weighted by molar-refractivity contribution is 0.779. The fourth-order valence-corrected chi connectivity index (χ4v) is 1.79. The van der Waals surface area contributed by atoms with Gasteiger partial charge in [0.1, 0.15) is 5.15 Å². The molecule has 1 aromatic heterocycles. The number of hydrogen-bond acceptors (Lipinski definition) is 4. The Hall–Kier alpha value is -0.870. The second-order valence-corrected chi connectivity index (χ2v) is 3.88. The van der Waals surface area contributed by atoms with E-state index in [1.807, 2.05) is 6.92 Å². The Morgan fingerprint density at radius 3 is 3.07 bits per heavy atom. The van der Waals surface area contributed by atoms with E-state index in [4.69, 9.17) is 11.6 Å². The molecular weight excluding hydrogens is 200 g/mol. The number of halogens is 1. The molecule has 0 radical (unpaired) electrons. The van der Waals surface area contributed by atoms with Crippen LogP contribution in [0.2, 0.25) is 5.15 Å².